The van der Waals surface area contributed by atoms with E-state index in [0.717, 1.165) is 11.1 Å². The maximum Gasteiger partial charge on any atom is 0.135 e. The molecule has 0 saturated carbocycles. The van der Waals surface area contributed by atoms with Gasteiger partial charge in [0.25, 0.3) is 0 Å². The first-order valence-electron chi connectivity index (χ1n) is 7.85. The molecule has 0 radical (unpaired) electrons. The molecule has 0 heterocycles. The average molecular weight is 346 g/mol. The summed E-state index contributed by atoms with van der Waals surface area (Å²) >= 11 is 0. The molecule has 0 aliphatic heterocycles. The van der Waals surface area contributed by atoms with E-state index in [4.69, 9.17) is 4.74 Å². The summed E-state index contributed by atoms with van der Waals surface area (Å²) in [5.74, 6) is 6.95. The molecule has 1 unspecified atom stereocenters. The molecule has 1 atom stereocenters. The van der Waals surface area contributed by atoms with Crippen LogP contribution in [-0.2, 0) is 0 Å². The quantitative estimate of drug-likeness (QED) is 0.790. The van der Waals surface area contributed by atoms with Gasteiger partial charge in [-0.1, -0.05) is 56.0 Å². The number of para-hydroxylation sites is 1. The molecule has 128 valence electrons. The van der Waals surface area contributed by atoms with E-state index in [0.29, 0.717) is 18.3 Å². The summed E-state index contributed by atoms with van der Waals surface area (Å²) in [6.07, 6.45) is -0.549. The number of hydrogen-bond acceptors (Lipinski definition) is 3. The lowest BCUT2D eigenvalue weighted by Gasteiger charge is -2.15. The molecule has 0 fully saturated rings. The zero-order valence-electron chi connectivity index (χ0n) is 14.0. The van der Waals surface area contributed by atoms with Crippen molar-refractivity contribution in [1.82, 2.24) is 5.32 Å². The Bertz CT molecular complexity index is 662. The number of hydrogen-bond donors (Lipinski definition) is 2. The molecule has 4 heteroatoms. The van der Waals surface area contributed by atoms with Crippen LogP contribution in [0, 0.1) is 11.8 Å². The third kappa shape index (κ3) is 7.06. The van der Waals surface area contributed by atoms with Gasteiger partial charge in [-0.2, -0.15) is 0 Å². The van der Waals surface area contributed by atoms with Crippen molar-refractivity contribution in [2.75, 3.05) is 13.2 Å². The Morgan fingerprint density at radius 2 is 1.67 bits per heavy atom. The van der Waals surface area contributed by atoms with E-state index in [-0.39, 0.29) is 19.0 Å². The maximum absolute atomic E-state index is 9.93. The van der Waals surface area contributed by atoms with Crippen LogP contribution in [0.15, 0.2) is 54.6 Å². The summed E-state index contributed by atoms with van der Waals surface area (Å²) in [5.41, 5.74) is 1.78. The first-order chi connectivity index (χ1) is 11.1. The third-order valence-electron chi connectivity index (χ3n) is 3.20. The minimum atomic E-state index is -0.549. The fraction of sp³-hybridized carbons (Fsp3) is 0.300. The normalized spacial score (nSPS) is 11.2. The van der Waals surface area contributed by atoms with Gasteiger partial charge in [-0.15, -0.1) is 12.4 Å². The number of nitrogens with one attached hydrogen (secondary N) is 1. The van der Waals surface area contributed by atoms with Crippen molar-refractivity contribution >= 4 is 12.4 Å². The van der Waals surface area contributed by atoms with Gasteiger partial charge in [0, 0.05) is 18.2 Å². The van der Waals surface area contributed by atoms with Crippen molar-refractivity contribution in [1.29, 1.82) is 0 Å². The molecule has 0 aromatic heterocycles. The van der Waals surface area contributed by atoms with E-state index >= 15 is 0 Å². The predicted molar refractivity (Wildman–Crippen MR) is 101 cm³/mol. The second kappa shape index (κ2) is 10.7. The minimum Gasteiger partial charge on any atom is -0.490 e. The highest BCUT2D eigenvalue weighted by Crippen LogP contribution is 2.17. The number of halogens is 1. The molecule has 0 saturated heterocycles. The van der Waals surface area contributed by atoms with Crippen LogP contribution in [0.2, 0.25) is 0 Å². The Morgan fingerprint density at radius 3 is 2.38 bits per heavy atom. The van der Waals surface area contributed by atoms with E-state index in [9.17, 15) is 5.11 Å². The van der Waals surface area contributed by atoms with Crippen LogP contribution in [0.25, 0.3) is 0 Å². The van der Waals surface area contributed by atoms with Crippen LogP contribution in [-0.4, -0.2) is 30.4 Å². The molecule has 24 heavy (non-hydrogen) atoms. The Morgan fingerprint density at radius 1 is 1.00 bits per heavy atom. The Hall–Kier alpha value is -1.99. The van der Waals surface area contributed by atoms with Gasteiger partial charge in [-0.3, -0.25) is 0 Å². The Labute approximate surface area is 150 Å². The first kappa shape index (κ1) is 20.1. The third-order valence-corrected chi connectivity index (χ3v) is 3.20. The lowest BCUT2D eigenvalue weighted by atomic mass is 10.1. The standard InChI is InChI=1S/C20H23NO2.ClH/c1-16(2)21-14-19(22)15-23-20-11-7-6-10-18(20)13-12-17-8-4-3-5-9-17;/h3-11,16,19,21-22H,14-15H2,1-2H3;1H. The monoisotopic (exact) mass is 345 g/mol. The second-order valence-electron chi connectivity index (χ2n) is 5.64. The topological polar surface area (TPSA) is 41.5 Å². The van der Waals surface area contributed by atoms with Crippen molar-refractivity contribution < 1.29 is 9.84 Å². The fourth-order valence-electron chi connectivity index (χ4n) is 1.97. The van der Waals surface area contributed by atoms with Crippen molar-refractivity contribution in [3.05, 3.63) is 65.7 Å². The summed E-state index contributed by atoms with van der Waals surface area (Å²) in [6.45, 7) is 4.84. The molecular weight excluding hydrogens is 322 g/mol. The molecule has 2 N–H and O–H groups in total. The summed E-state index contributed by atoms with van der Waals surface area (Å²) in [7, 11) is 0. The van der Waals surface area contributed by atoms with Gasteiger partial charge >= 0.3 is 0 Å². The lowest BCUT2D eigenvalue weighted by Crippen LogP contribution is -2.35. The largest absolute Gasteiger partial charge is 0.490 e. The van der Waals surface area contributed by atoms with E-state index < -0.39 is 6.10 Å². The smallest absolute Gasteiger partial charge is 0.135 e. The van der Waals surface area contributed by atoms with Crippen LogP contribution < -0.4 is 10.1 Å². The first-order valence-corrected chi connectivity index (χ1v) is 7.85. The van der Waals surface area contributed by atoms with E-state index in [2.05, 4.69) is 17.2 Å². The number of aliphatic hydroxyl groups is 1. The second-order valence-corrected chi connectivity index (χ2v) is 5.64. The van der Waals surface area contributed by atoms with Gasteiger partial charge in [0.1, 0.15) is 18.5 Å². The van der Waals surface area contributed by atoms with Crippen molar-refractivity contribution in [2.45, 2.75) is 26.0 Å². The Kier molecular flexibility index (Phi) is 8.96. The minimum absolute atomic E-state index is 0. The van der Waals surface area contributed by atoms with Gasteiger partial charge in [0.2, 0.25) is 0 Å². The van der Waals surface area contributed by atoms with Gasteiger partial charge in [-0.25, -0.2) is 0 Å². The molecule has 2 aromatic rings. The molecule has 3 nitrogen and oxygen atoms in total. The van der Waals surface area contributed by atoms with Crippen LogP contribution in [0.4, 0.5) is 0 Å². The highest BCUT2D eigenvalue weighted by molar-refractivity contribution is 5.85. The molecule has 0 spiro atoms. The number of ether oxygens (including phenoxy) is 1. The van der Waals surface area contributed by atoms with E-state index in [1.807, 2.05) is 68.4 Å². The zero-order valence-corrected chi connectivity index (χ0v) is 14.8. The predicted octanol–water partition coefficient (Wildman–Crippen LogP) is 3.25. The van der Waals surface area contributed by atoms with Crippen molar-refractivity contribution in [3.8, 4) is 17.6 Å². The van der Waals surface area contributed by atoms with Crippen LogP contribution in [0.1, 0.15) is 25.0 Å². The summed E-state index contributed by atoms with van der Waals surface area (Å²) < 4.78 is 5.73. The molecule has 0 bridgehead atoms. The lowest BCUT2D eigenvalue weighted by molar-refractivity contribution is 0.104. The van der Waals surface area contributed by atoms with Gasteiger partial charge in [-0.05, 0) is 24.3 Å². The summed E-state index contributed by atoms with van der Waals surface area (Å²) in [4.78, 5) is 0. The highest BCUT2D eigenvalue weighted by atomic mass is 35.5. The zero-order chi connectivity index (χ0) is 16.5. The summed E-state index contributed by atoms with van der Waals surface area (Å²) in [6, 6.07) is 17.8. The van der Waals surface area contributed by atoms with Crippen LogP contribution in [0.3, 0.4) is 0 Å². The summed E-state index contributed by atoms with van der Waals surface area (Å²) in [5, 5.41) is 13.1. The molecule has 0 aliphatic carbocycles. The molecule has 2 rings (SSSR count). The molecule has 0 aliphatic rings. The molecule has 0 amide bonds. The van der Waals surface area contributed by atoms with E-state index in [1.165, 1.54) is 0 Å². The van der Waals surface area contributed by atoms with Crippen molar-refractivity contribution in [2.24, 2.45) is 0 Å². The molecular formula is C20H24ClNO2. The van der Waals surface area contributed by atoms with Crippen LogP contribution >= 0.6 is 12.4 Å². The van der Waals surface area contributed by atoms with Gasteiger partial charge < -0.3 is 15.2 Å². The maximum atomic E-state index is 9.93. The molecule has 2 aromatic carbocycles. The number of benzene rings is 2. The fourth-order valence-corrected chi connectivity index (χ4v) is 1.97. The van der Waals surface area contributed by atoms with E-state index in [1.54, 1.807) is 0 Å². The number of rotatable bonds is 6. The van der Waals surface area contributed by atoms with Gasteiger partial charge in [0.05, 0.1) is 5.56 Å². The van der Waals surface area contributed by atoms with Crippen molar-refractivity contribution in [3.63, 3.8) is 0 Å². The number of aliphatic hydroxyl groups excluding tert-OH is 1. The SMILES string of the molecule is CC(C)NCC(O)COc1ccccc1C#Cc1ccccc1.Cl. The Balaban J connectivity index is 0.00000288. The highest BCUT2D eigenvalue weighted by Gasteiger charge is 2.07. The van der Waals surface area contributed by atoms with Gasteiger partial charge in [0.15, 0.2) is 0 Å². The average Bonchev–Trinajstić information content (AvgIpc) is 2.58. The van der Waals surface area contributed by atoms with Crippen LogP contribution in [0.5, 0.6) is 5.75 Å².